The minimum atomic E-state index is 0.454. The van der Waals surface area contributed by atoms with Crippen molar-refractivity contribution in [3.8, 4) is 6.07 Å². The van der Waals surface area contributed by atoms with Gasteiger partial charge in [0.1, 0.15) is 6.07 Å². The largest absolute Gasteiger partial charge is 0.354 e. The summed E-state index contributed by atoms with van der Waals surface area (Å²) in [6.07, 6.45) is 0. The summed E-state index contributed by atoms with van der Waals surface area (Å²) in [5, 5.41) is 12.8. The molecular weight excluding hydrogens is 312 g/mol. The van der Waals surface area contributed by atoms with Crippen LogP contribution in [0.4, 0.5) is 11.4 Å². The normalized spacial score (nSPS) is 9.89. The van der Waals surface area contributed by atoms with E-state index in [1.165, 1.54) is 0 Å². The Morgan fingerprint density at radius 3 is 2.72 bits per heavy atom. The maximum atomic E-state index is 9.12. The Balaban J connectivity index is 2.44. The van der Waals surface area contributed by atoms with Crippen LogP contribution < -0.4 is 5.32 Å². The number of benzene rings is 2. The van der Waals surface area contributed by atoms with Gasteiger partial charge >= 0.3 is 0 Å². The number of hydrogen-bond acceptors (Lipinski definition) is 2. The van der Waals surface area contributed by atoms with Gasteiger partial charge in [-0.3, -0.25) is 0 Å². The number of rotatable bonds is 2. The van der Waals surface area contributed by atoms with Crippen LogP contribution in [0, 0.1) is 18.3 Å². The zero-order valence-electron chi connectivity index (χ0n) is 9.67. The third-order valence-electron chi connectivity index (χ3n) is 2.59. The van der Waals surface area contributed by atoms with Gasteiger partial charge in [0.05, 0.1) is 16.3 Å². The van der Waals surface area contributed by atoms with Gasteiger partial charge in [-0.15, -0.1) is 0 Å². The van der Waals surface area contributed by atoms with Crippen molar-refractivity contribution in [1.82, 2.24) is 0 Å². The number of nitriles is 1. The highest BCUT2D eigenvalue weighted by molar-refractivity contribution is 9.10. The molecule has 4 heteroatoms. The minimum absolute atomic E-state index is 0.454. The van der Waals surface area contributed by atoms with Crippen LogP contribution in [0.5, 0.6) is 0 Å². The summed E-state index contributed by atoms with van der Waals surface area (Å²) in [6, 6.07) is 13.4. The number of anilines is 2. The second kappa shape index (κ2) is 5.43. The van der Waals surface area contributed by atoms with Gasteiger partial charge in [-0.05, 0) is 36.8 Å². The van der Waals surface area contributed by atoms with Crippen LogP contribution in [0.25, 0.3) is 0 Å². The van der Waals surface area contributed by atoms with Crippen molar-refractivity contribution in [1.29, 1.82) is 5.26 Å². The van der Waals surface area contributed by atoms with Crippen molar-refractivity contribution in [3.05, 3.63) is 57.0 Å². The summed E-state index contributed by atoms with van der Waals surface area (Å²) < 4.78 is 0.983. The van der Waals surface area contributed by atoms with E-state index in [0.717, 1.165) is 15.7 Å². The molecule has 2 rings (SSSR count). The SMILES string of the molecule is Cc1ccc(Br)cc1Nc1cccc(Cl)c1C#N. The highest BCUT2D eigenvalue weighted by Crippen LogP contribution is 2.29. The van der Waals surface area contributed by atoms with E-state index in [1.807, 2.05) is 37.3 Å². The molecule has 18 heavy (non-hydrogen) atoms. The summed E-state index contributed by atoms with van der Waals surface area (Å²) in [5.74, 6) is 0. The molecule has 0 aliphatic carbocycles. The first-order chi connectivity index (χ1) is 8.61. The molecule has 0 aliphatic rings. The summed E-state index contributed by atoms with van der Waals surface area (Å²) >= 11 is 9.42. The summed E-state index contributed by atoms with van der Waals surface area (Å²) in [7, 11) is 0. The third-order valence-corrected chi connectivity index (χ3v) is 3.40. The zero-order chi connectivity index (χ0) is 13.1. The molecule has 0 saturated carbocycles. The van der Waals surface area contributed by atoms with E-state index in [4.69, 9.17) is 16.9 Å². The van der Waals surface area contributed by atoms with Crippen LogP contribution in [0.3, 0.4) is 0 Å². The molecule has 0 heterocycles. The lowest BCUT2D eigenvalue weighted by molar-refractivity contribution is 1.40. The van der Waals surface area contributed by atoms with Crippen molar-refractivity contribution < 1.29 is 0 Å². The highest BCUT2D eigenvalue weighted by atomic mass is 79.9. The Bertz CT molecular complexity index is 632. The lowest BCUT2D eigenvalue weighted by atomic mass is 10.1. The molecule has 1 N–H and O–H groups in total. The second-order valence-corrected chi connectivity index (χ2v) is 5.18. The van der Waals surface area contributed by atoms with E-state index in [2.05, 4.69) is 27.3 Å². The standard InChI is InChI=1S/C14H10BrClN2/c1-9-5-6-10(15)7-14(9)18-13-4-2-3-12(16)11(13)8-17/h2-7,18H,1H3. The fourth-order valence-electron chi connectivity index (χ4n) is 1.62. The Kier molecular flexibility index (Phi) is 3.90. The minimum Gasteiger partial charge on any atom is -0.354 e. The third kappa shape index (κ3) is 2.66. The average molecular weight is 322 g/mol. The lowest BCUT2D eigenvalue weighted by Crippen LogP contribution is -1.96. The van der Waals surface area contributed by atoms with E-state index in [0.29, 0.717) is 16.3 Å². The maximum Gasteiger partial charge on any atom is 0.103 e. The monoisotopic (exact) mass is 320 g/mol. The van der Waals surface area contributed by atoms with E-state index in [-0.39, 0.29) is 0 Å². The molecule has 0 fully saturated rings. The molecule has 0 spiro atoms. The van der Waals surface area contributed by atoms with Gasteiger partial charge in [-0.25, -0.2) is 0 Å². The number of nitrogens with zero attached hydrogens (tertiary/aromatic N) is 1. The quantitative estimate of drug-likeness (QED) is 0.842. The molecule has 0 bridgehead atoms. The first-order valence-corrected chi connectivity index (χ1v) is 6.50. The van der Waals surface area contributed by atoms with Crippen molar-refractivity contribution in [3.63, 3.8) is 0 Å². The van der Waals surface area contributed by atoms with E-state index >= 15 is 0 Å². The first-order valence-electron chi connectivity index (χ1n) is 5.33. The summed E-state index contributed by atoms with van der Waals surface area (Å²) in [4.78, 5) is 0. The van der Waals surface area contributed by atoms with Gasteiger partial charge in [0.15, 0.2) is 0 Å². The highest BCUT2D eigenvalue weighted by Gasteiger charge is 2.07. The zero-order valence-corrected chi connectivity index (χ0v) is 12.0. The fraction of sp³-hybridized carbons (Fsp3) is 0.0714. The van der Waals surface area contributed by atoms with E-state index in [1.54, 1.807) is 6.07 Å². The molecule has 0 amide bonds. The van der Waals surface area contributed by atoms with E-state index < -0.39 is 0 Å². The van der Waals surface area contributed by atoms with Crippen molar-refractivity contribution in [2.75, 3.05) is 5.32 Å². The molecule has 90 valence electrons. The molecule has 0 aromatic heterocycles. The predicted octanol–water partition coefficient (Wildman–Crippen LogP) is 5.03. The second-order valence-electron chi connectivity index (χ2n) is 3.86. The summed E-state index contributed by atoms with van der Waals surface area (Å²) in [6.45, 7) is 2.01. The Morgan fingerprint density at radius 1 is 1.22 bits per heavy atom. The molecular formula is C14H10BrClN2. The first kappa shape index (κ1) is 12.9. The molecule has 0 saturated heterocycles. The van der Waals surface area contributed by atoms with Gasteiger partial charge < -0.3 is 5.32 Å². The van der Waals surface area contributed by atoms with Gasteiger partial charge in [0, 0.05) is 10.2 Å². The van der Waals surface area contributed by atoms with Crippen LogP contribution in [-0.2, 0) is 0 Å². The molecule has 0 atom stereocenters. The number of aryl methyl sites for hydroxylation is 1. The Labute approximate surface area is 119 Å². The number of hydrogen-bond donors (Lipinski definition) is 1. The smallest absolute Gasteiger partial charge is 0.103 e. The van der Waals surface area contributed by atoms with Gasteiger partial charge in [0.2, 0.25) is 0 Å². The van der Waals surface area contributed by atoms with Crippen molar-refractivity contribution >= 4 is 38.9 Å². The van der Waals surface area contributed by atoms with Crippen LogP contribution in [0.1, 0.15) is 11.1 Å². The molecule has 0 radical (unpaired) electrons. The summed E-state index contributed by atoms with van der Waals surface area (Å²) in [5.41, 5.74) is 3.22. The van der Waals surface area contributed by atoms with Gasteiger partial charge in [0.25, 0.3) is 0 Å². The molecule has 0 unspecified atom stereocenters. The molecule has 2 aromatic carbocycles. The number of nitrogens with one attached hydrogen (secondary N) is 1. The van der Waals surface area contributed by atoms with Gasteiger partial charge in [-0.2, -0.15) is 5.26 Å². The molecule has 0 aliphatic heterocycles. The van der Waals surface area contributed by atoms with Crippen LogP contribution in [0.15, 0.2) is 40.9 Å². The van der Waals surface area contributed by atoms with Crippen molar-refractivity contribution in [2.45, 2.75) is 6.92 Å². The number of halogens is 2. The van der Waals surface area contributed by atoms with Crippen LogP contribution >= 0.6 is 27.5 Å². The molecule has 2 nitrogen and oxygen atoms in total. The maximum absolute atomic E-state index is 9.12. The van der Waals surface area contributed by atoms with E-state index in [9.17, 15) is 0 Å². The lowest BCUT2D eigenvalue weighted by Gasteiger charge is -2.12. The van der Waals surface area contributed by atoms with Gasteiger partial charge in [-0.1, -0.05) is 39.7 Å². The Morgan fingerprint density at radius 2 is 2.00 bits per heavy atom. The molecule has 2 aromatic rings. The van der Waals surface area contributed by atoms with Crippen LogP contribution in [0.2, 0.25) is 5.02 Å². The Hall–Kier alpha value is -1.50. The predicted molar refractivity (Wildman–Crippen MR) is 78.3 cm³/mol. The topological polar surface area (TPSA) is 35.8 Å². The van der Waals surface area contributed by atoms with Crippen molar-refractivity contribution in [2.24, 2.45) is 0 Å². The van der Waals surface area contributed by atoms with Crippen LogP contribution in [-0.4, -0.2) is 0 Å². The average Bonchev–Trinajstić information content (AvgIpc) is 2.34. The fourth-order valence-corrected chi connectivity index (χ4v) is 2.19.